The number of ether oxygens (including phenoxy) is 1. The van der Waals surface area contributed by atoms with Gasteiger partial charge < -0.3 is 4.74 Å². The standard InChI is InChI=1S/C32H44N4O2/c1-32(2,3)38-30(37)23-34-17-28-21-36(22-29(28)18-34)31(25-12-8-5-9-13-25)35-19-26-15-33(16-27(26)20-35)14-24-10-6-4-7-11-24/h4-13,26-29,31H,14-23H2,1-3H3/t26-,27+,28-,29+,31-/m0/s1. The van der Waals surface area contributed by atoms with E-state index in [1.165, 1.54) is 37.3 Å². The zero-order valence-electron chi connectivity index (χ0n) is 23.3. The van der Waals surface area contributed by atoms with E-state index in [-0.39, 0.29) is 5.97 Å². The number of carbonyl (C=O) groups is 1. The van der Waals surface area contributed by atoms with Gasteiger partial charge in [-0.15, -0.1) is 0 Å². The average Bonchev–Trinajstić information content (AvgIpc) is 3.60. The zero-order chi connectivity index (χ0) is 26.3. The van der Waals surface area contributed by atoms with Crippen LogP contribution in [0.5, 0.6) is 0 Å². The molecule has 0 radical (unpaired) electrons. The number of benzene rings is 2. The fourth-order valence-electron chi connectivity index (χ4n) is 7.59. The van der Waals surface area contributed by atoms with Gasteiger partial charge in [0.1, 0.15) is 5.60 Å². The highest BCUT2D eigenvalue weighted by Gasteiger charge is 2.47. The van der Waals surface area contributed by atoms with Crippen LogP contribution in [0.2, 0.25) is 0 Å². The number of fused-ring (bicyclic) bond motifs is 2. The topological polar surface area (TPSA) is 39.3 Å². The van der Waals surface area contributed by atoms with E-state index >= 15 is 0 Å². The van der Waals surface area contributed by atoms with Gasteiger partial charge in [-0.1, -0.05) is 60.7 Å². The number of nitrogens with zero attached hydrogens (tertiary/aromatic N) is 4. The summed E-state index contributed by atoms with van der Waals surface area (Å²) in [4.78, 5) is 22.9. The van der Waals surface area contributed by atoms with E-state index in [9.17, 15) is 4.79 Å². The Morgan fingerprint density at radius 2 is 1.21 bits per heavy atom. The highest BCUT2D eigenvalue weighted by Crippen LogP contribution is 2.41. The Bertz CT molecular complexity index is 1060. The van der Waals surface area contributed by atoms with Crippen molar-refractivity contribution in [3.8, 4) is 0 Å². The Kier molecular flexibility index (Phi) is 7.34. The van der Waals surface area contributed by atoms with E-state index in [1.54, 1.807) is 0 Å². The van der Waals surface area contributed by atoms with Gasteiger partial charge >= 0.3 is 5.97 Å². The summed E-state index contributed by atoms with van der Waals surface area (Å²) in [5, 5.41) is 0. The fraction of sp³-hybridized carbons (Fsp3) is 0.594. The Morgan fingerprint density at radius 3 is 1.71 bits per heavy atom. The van der Waals surface area contributed by atoms with Crippen LogP contribution < -0.4 is 0 Å². The predicted molar refractivity (Wildman–Crippen MR) is 150 cm³/mol. The number of hydrogen-bond donors (Lipinski definition) is 0. The molecule has 0 spiro atoms. The molecule has 204 valence electrons. The Labute approximate surface area is 228 Å². The average molecular weight is 517 g/mol. The third-order valence-electron chi connectivity index (χ3n) is 8.99. The molecular weight excluding hydrogens is 472 g/mol. The number of esters is 1. The molecule has 0 saturated carbocycles. The molecule has 6 nitrogen and oxygen atoms in total. The lowest BCUT2D eigenvalue weighted by molar-refractivity contribution is -0.155. The Hall–Kier alpha value is -2.25. The normalized spacial score (nSPS) is 29.4. The number of rotatable bonds is 7. The lowest BCUT2D eigenvalue weighted by Crippen LogP contribution is -2.42. The number of likely N-dealkylation sites (tertiary alicyclic amines) is 4. The van der Waals surface area contributed by atoms with Crippen molar-refractivity contribution in [1.82, 2.24) is 19.6 Å². The molecule has 4 heterocycles. The van der Waals surface area contributed by atoms with E-state index in [4.69, 9.17) is 4.74 Å². The molecule has 0 amide bonds. The molecule has 0 bridgehead atoms. The largest absolute Gasteiger partial charge is 0.459 e. The Balaban J connectivity index is 1.08. The van der Waals surface area contributed by atoms with Gasteiger partial charge in [-0.05, 0) is 55.6 Å². The minimum atomic E-state index is -0.418. The van der Waals surface area contributed by atoms with Crippen molar-refractivity contribution in [2.75, 3.05) is 58.9 Å². The van der Waals surface area contributed by atoms with E-state index in [0.717, 1.165) is 44.6 Å². The fourth-order valence-corrected chi connectivity index (χ4v) is 7.59. The molecule has 2 aromatic carbocycles. The summed E-state index contributed by atoms with van der Waals surface area (Å²) in [6.07, 6.45) is 0.356. The van der Waals surface area contributed by atoms with Crippen molar-refractivity contribution in [1.29, 1.82) is 0 Å². The van der Waals surface area contributed by atoms with Gasteiger partial charge in [0, 0.05) is 58.9 Å². The minimum Gasteiger partial charge on any atom is -0.459 e. The third kappa shape index (κ3) is 5.84. The predicted octanol–water partition coefficient (Wildman–Crippen LogP) is 3.95. The molecule has 38 heavy (non-hydrogen) atoms. The summed E-state index contributed by atoms with van der Waals surface area (Å²) in [6.45, 7) is 16.3. The quantitative estimate of drug-likeness (QED) is 0.519. The van der Waals surface area contributed by atoms with Gasteiger partial charge in [-0.2, -0.15) is 0 Å². The van der Waals surface area contributed by atoms with E-state index in [2.05, 4.69) is 80.3 Å². The molecule has 0 aromatic heterocycles. The monoisotopic (exact) mass is 516 g/mol. The summed E-state index contributed by atoms with van der Waals surface area (Å²) < 4.78 is 5.58. The summed E-state index contributed by atoms with van der Waals surface area (Å²) in [5.41, 5.74) is 2.44. The first kappa shape index (κ1) is 26.0. The molecule has 4 saturated heterocycles. The molecule has 6 heteroatoms. The molecule has 0 unspecified atom stereocenters. The highest BCUT2D eigenvalue weighted by atomic mass is 16.6. The van der Waals surface area contributed by atoms with E-state index in [1.807, 2.05) is 20.8 Å². The van der Waals surface area contributed by atoms with Gasteiger partial charge in [-0.3, -0.25) is 24.4 Å². The summed E-state index contributed by atoms with van der Waals surface area (Å²) in [5.74, 6) is 2.69. The summed E-state index contributed by atoms with van der Waals surface area (Å²) >= 11 is 0. The first-order chi connectivity index (χ1) is 18.3. The van der Waals surface area contributed by atoms with E-state index in [0.29, 0.717) is 24.5 Å². The van der Waals surface area contributed by atoms with Crippen LogP contribution in [0, 0.1) is 23.7 Å². The lowest BCUT2D eigenvalue weighted by Gasteiger charge is -2.37. The van der Waals surface area contributed by atoms with Crippen LogP contribution in [0.4, 0.5) is 0 Å². The van der Waals surface area contributed by atoms with Gasteiger partial charge in [0.15, 0.2) is 0 Å². The second-order valence-electron chi connectivity index (χ2n) is 13.2. The molecule has 6 rings (SSSR count). The summed E-state index contributed by atoms with van der Waals surface area (Å²) in [7, 11) is 0. The highest BCUT2D eigenvalue weighted by molar-refractivity contribution is 5.72. The van der Waals surface area contributed by atoms with Crippen LogP contribution in [0.1, 0.15) is 38.1 Å². The van der Waals surface area contributed by atoms with Gasteiger partial charge in [-0.25, -0.2) is 0 Å². The molecule has 0 aliphatic carbocycles. The second kappa shape index (κ2) is 10.7. The second-order valence-corrected chi connectivity index (χ2v) is 13.2. The number of hydrogen-bond acceptors (Lipinski definition) is 6. The molecule has 4 fully saturated rings. The SMILES string of the molecule is CC(C)(C)OC(=O)CN1C[C@@H]2CN([C@@H](c3ccccc3)N3C[C@H]4CN(Cc5ccccc5)C[C@H]4C3)C[C@@H]2C1. The number of carbonyl (C=O) groups excluding carboxylic acids is 1. The molecule has 5 atom stereocenters. The van der Waals surface area contributed by atoms with Gasteiger partial charge in [0.25, 0.3) is 0 Å². The first-order valence-corrected chi connectivity index (χ1v) is 14.5. The van der Waals surface area contributed by atoms with Crippen molar-refractivity contribution in [3.05, 3.63) is 71.8 Å². The summed E-state index contributed by atoms with van der Waals surface area (Å²) in [6, 6.07) is 22.1. The zero-order valence-corrected chi connectivity index (χ0v) is 23.3. The van der Waals surface area contributed by atoms with E-state index < -0.39 is 5.60 Å². The van der Waals surface area contributed by atoms with Crippen molar-refractivity contribution in [3.63, 3.8) is 0 Å². The van der Waals surface area contributed by atoms with Crippen LogP contribution in [0.3, 0.4) is 0 Å². The van der Waals surface area contributed by atoms with Crippen molar-refractivity contribution >= 4 is 5.97 Å². The van der Waals surface area contributed by atoms with Crippen molar-refractivity contribution < 1.29 is 9.53 Å². The Morgan fingerprint density at radius 1 is 0.737 bits per heavy atom. The molecule has 2 aromatic rings. The molecule has 0 N–H and O–H groups in total. The molecule has 4 aliphatic heterocycles. The van der Waals surface area contributed by atoms with Crippen LogP contribution >= 0.6 is 0 Å². The van der Waals surface area contributed by atoms with Gasteiger partial charge in [0.2, 0.25) is 0 Å². The molecular formula is C32H44N4O2. The maximum atomic E-state index is 12.4. The first-order valence-electron chi connectivity index (χ1n) is 14.5. The smallest absolute Gasteiger partial charge is 0.320 e. The van der Waals surface area contributed by atoms with Crippen LogP contribution in [-0.2, 0) is 16.1 Å². The molecule has 4 aliphatic rings. The van der Waals surface area contributed by atoms with Crippen molar-refractivity contribution in [2.24, 2.45) is 23.7 Å². The van der Waals surface area contributed by atoms with Gasteiger partial charge in [0.05, 0.1) is 12.7 Å². The third-order valence-corrected chi connectivity index (χ3v) is 8.99. The maximum absolute atomic E-state index is 12.4. The minimum absolute atomic E-state index is 0.0959. The van der Waals surface area contributed by atoms with Crippen LogP contribution in [0.15, 0.2) is 60.7 Å². The maximum Gasteiger partial charge on any atom is 0.320 e. The van der Waals surface area contributed by atoms with Crippen LogP contribution in [0.25, 0.3) is 0 Å². The van der Waals surface area contributed by atoms with Crippen LogP contribution in [-0.4, -0.2) is 90.1 Å². The lowest BCUT2D eigenvalue weighted by atomic mass is 10.0. The van der Waals surface area contributed by atoms with Crippen molar-refractivity contribution in [2.45, 2.75) is 39.1 Å².